The molecule has 0 saturated carbocycles. The Kier molecular flexibility index (Phi) is 7.44. The van der Waals surface area contributed by atoms with E-state index in [0.29, 0.717) is 15.8 Å². The fraction of sp³-hybridized carbons (Fsp3) is 0.118. The topological polar surface area (TPSA) is 21.7 Å². The van der Waals surface area contributed by atoms with E-state index in [0.717, 1.165) is 58.3 Å². The Morgan fingerprint density at radius 1 is 0.538 bits per heavy atom. The molecular weight excluding hydrogens is 525 g/mol. The molecule has 1 aliphatic rings. The van der Waals surface area contributed by atoms with Gasteiger partial charge in [-0.3, -0.25) is 0 Å². The quantitative estimate of drug-likeness (QED) is 0.201. The van der Waals surface area contributed by atoms with E-state index >= 15 is 0 Å². The molecule has 0 spiro atoms. The average Bonchev–Trinajstić information content (AvgIpc) is 3.50. The summed E-state index contributed by atoms with van der Waals surface area (Å²) in [5.41, 5.74) is 4.83. The Labute approximate surface area is 239 Å². The maximum atomic E-state index is 7.04. The summed E-state index contributed by atoms with van der Waals surface area (Å²) in [4.78, 5) is 2.40. The second-order valence-electron chi connectivity index (χ2n) is 9.54. The van der Waals surface area contributed by atoms with E-state index in [2.05, 4.69) is 11.0 Å². The van der Waals surface area contributed by atoms with Gasteiger partial charge in [0, 0.05) is 45.5 Å². The molecule has 5 aromatic rings. The fourth-order valence-electron chi connectivity index (χ4n) is 4.99. The van der Waals surface area contributed by atoms with Gasteiger partial charge in [0.15, 0.2) is 0 Å². The average molecular weight is 553 g/mol. The van der Waals surface area contributed by atoms with E-state index in [1.54, 1.807) is 0 Å². The van der Waals surface area contributed by atoms with Crippen LogP contribution in [-0.2, 0) is 0 Å². The summed E-state index contributed by atoms with van der Waals surface area (Å²) in [6.07, 6.45) is 2.36. The number of rotatable bonds is 7. The van der Waals surface area contributed by atoms with Crippen LogP contribution >= 0.6 is 23.2 Å². The van der Waals surface area contributed by atoms with Crippen LogP contribution in [0.4, 0.5) is 5.69 Å². The van der Waals surface area contributed by atoms with Gasteiger partial charge in [0.1, 0.15) is 23.0 Å². The van der Waals surface area contributed by atoms with Crippen molar-refractivity contribution in [2.24, 2.45) is 0 Å². The lowest BCUT2D eigenvalue weighted by Crippen LogP contribution is -2.18. The van der Waals surface area contributed by atoms with Crippen molar-refractivity contribution in [2.75, 3.05) is 18.0 Å². The minimum Gasteiger partial charge on any atom is -0.457 e. The van der Waals surface area contributed by atoms with E-state index in [1.165, 1.54) is 12.8 Å². The molecule has 0 aromatic heterocycles. The zero-order valence-electron chi connectivity index (χ0n) is 21.3. The van der Waals surface area contributed by atoms with E-state index in [-0.39, 0.29) is 0 Å². The predicted octanol–water partition coefficient (Wildman–Crippen LogP) is 10.5. The molecule has 0 N–H and O–H groups in total. The normalized spacial score (nSPS) is 12.9. The lowest BCUT2D eigenvalue weighted by molar-refractivity contribution is 0.481. The molecule has 0 unspecified atom stereocenters. The van der Waals surface area contributed by atoms with Gasteiger partial charge in [-0.2, -0.15) is 0 Å². The number of benzene rings is 5. The highest BCUT2D eigenvalue weighted by Crippen LogP contribution is 2.45. The highest BCUT2D eigenvalue weighted by Gasteiger charge is 2.21. The van der Waals surface area contributed by atoms with Crippen LogP contribution in [-0.4, -0.2) is 13.1 Å². The molecular formula is C34H27Cl2NO2. The van der Waals surface area contributed by atoms with Crippen LogP contribution in [0.15, 0.2) is 115 Å². The van der Waals surface area contributed by atoms with Gasteiger partial charge in [-0.15, -0.1) is 0 Å². The summed E-state index contributed by atoms with van der Waals surface area (Å²) < 4.78 is 12.6. The molecule has 0 radical (unpaired) electrons. The van der Waals surface area contributed by atoms with Crippen LogP contribution in [0.2, 0.25) is 10.0 Å². The molecule has 6 rings (SSSR count). The summed E-state index contributed by atoms with van der Waals surface area (Å²) in [6, 6.07) is 37.5. The molecule has 194 valence electrons. The first-order chi connectivity index (χ1) is 19.1. The second-order valence-corrected chi connectivity index (χ2v) is 10.4. The van der Waals surface area contributed by atoms with Crippen molar-refractivity contribution in [1.29, 1.82) is 0 Å². The highest BCUT2D eigenvalue weighted by atomic mass is 35.5. The number of anilines is 1. The molecule has 3 nitrogen and oxygen atoms in total. The van der Waals surface area contributed by atoms with Crippen molar-refractivity contribution in [3.8, 4) is 45.3 Å². The molecule has 5 aromatic carbocycles. The minimum absolute atomic E-state index is 0.627. The van der Waals surface area contributed by atoms with E-state index in [9.17, 15) is 0 Å². The molecule has 0 bridgehead atoms. The number of halogens is 2. The van der Waals surface area contributed by atoms with Crippen LogP contribution in [0.1, 0.15) is 12.8 Å². The molecule has 5 heteroatoms. The van der Waals surface area contributed by atoms with Crippen molar-refractivity contribution in [3.05, 3.63) is 125 Å². The number of hydrogen-bond donors (Lipinski definition) is 0. The highest BCUT2D eigenvalue weighted by molar-refractivity contribution is 6.34. The Hall–Kier alpha value is -3.92. The standard InChI is InChI=1S/C34H27Cl2NO2/c35-25-16-17-33(37-18-7-8-19-37)31(21-25)30-23-34(39-27-13-5-2-6-14-27)29(22-32(30)36)24-10-9-15-28(20-24)38-26-11-3-1-4-12-26/h1-6,9-17,20-23H,7-8,18-19H2. The molecule has 1 saturated heterocycles. The van der Waals surface area contributed by atoms with Crippen LogP contribution in [0.5, 0.6) is 23.0 Å². The van der Waals surface area contributed by atoms with E-state index < -0.39 is 0 Å². The SMILES string of the molecule is Clc1ccc(N2CCCC2)c(-c2cc(Oc3ccccc3)c(-c3cccc(Oc4ccccc4)c3)cc2Cl)c1. The zero-order valence-corrected chi connectivity index (χ0v) is 22.8. The molecule has 39 heavy (non-hydrogen) atoms. The third-order valence-electron chi connectivity index (χ3n) is 6.86. The Bertz CT molecular complexity index is 1580. The molecule has 1 aliphatic heterocycles. The number of ether oxygens (including phenoxy) is 2. The number of para-hydroxylation sites is 2. The first-order valence-electron chi connectivity index (χ1n) is 13.1. The maximum Gasteiger partial charge on any atom is 0.135 e. The molecule has 0 aliphatic carbocycles. The van der Waals surface area contributed by atoms with Crippen molar-refractivity contribution in [3.63, 3.8) is 0 Å². The van der Waals surface area contributed by atoms with Crippen molar-refractivity contribution in [2.45, 2.75) is 12.8 Å². The smallest absolute Gasteiger partial charge is 0.135 e. The summed E-state index contributed by atoms with van der Waals surface area (Å²) in [5, 5.41) is 1.30. The maximum absolute atomic E-state index is 7.04. The third kappa shape index (κ3) is 5.75. The van der Waals surface area contributed by atoms with Gasteiger partial charge in [-0.1, -0.05) is 71.7 Å². The van der Waals surface area contributed by atoms with Gasteiger partial charge in [0.25, 0.3) is 0 Å². The van der Waals surface area contributed by atoms with Gasteiger partial charge < -0.3 is 14.4 Å². The lowest BCUT2D eigenvalue weighted by atomic mass is 9.97. The fourth-order valence-corrected chi connectivity index (χ4v) is 5.43. The summed E-state index contributed by atoms with van der Waals surface area (Å²) in [5.74, 6) is 2.95. The predicted molar refractivity (Wildman–Crippen MR) is 162 cm³/mol. The molecule has 0 amide bonds. The Morgan fingerprint density at radius 2 is 1.21 bits per heavy atom. The lowest BCUT2D eigenvalue weighted by Gasteiger charge is -2.23. The van der Waals surface area contributed by atoms with Gasteiger partial charge in [0.2, 0.25) is 0 Å². The minimum atomic E-state index is 0.627. The van der Waals surface area contributed by atoms with Gasteiger partial charge in [-0.05, 0) is 85.1 Å². The monoisotopic (exact) mass is 551 g/mol. The largest absolute Gasteiger partial charge is 0.457 e. The van der Waals surface area contributed by atoms with Gasteiger partial charge >= 0.3 is 0 Å². The van der Waals surface area contributed by atoms with Crippen LogP contribution in [0, 0.1) is 0 Å². The van der Waals surface area contributed by atoms with E-state index in [4.69, 9.17) is 32.7 Å². The third-order valence-corrected chi connectivity index (χ3v) is 7.41. The number of hydrogen-bond acceptors (Lipinski definition) is 3. The first kappa shape index (κ1) is 25.4. The summed E-state index contributed by atoms with van der Waals surface area (Å²) >= 11 is 13.5. The van der Waals surface area contributed by atoms with E-state index in [1.807, 2.05) is 109 Å². The van der Waals surface area contributed by atoms with Gasteiger partial charge in [0.05, 0.1) is 0 Å². The van der Waals surface area contributed by atoms with Gasteiger partial charge in [-0.25, -0.2) is 0 Å². The van der Waals surface area contributed by atoms with Crippen molar-refractivity contribution < 1.29 is 9.47 Å². The summed E-state index contributed by atoms with van der Waals surface area (Å²) in [6.45, 7) is 2.04. The van der Waals surface area contributed by atoms with Crippen LogP contribution < -0.4 is 14.4 Å². The van der Waals surface area contributed by atoms with Crippen LogP contribution in [0.25, 0.3) is 22.3 Å². The summed E-state index contributed by atoms with van der Waals surface area (Å²) in [7, 11) is 0. The first-order valence-corrected chi connectivity index (χ1v) is 13.8. The second kappa shape index (κ2) is 11.4. The van der Waals surface area contributed by atoms with Crippen LogP contribution in [0.3, 0.4) is 0 Å². The Balaban J connectivity index is 1.46. The van der Waals surface area contributed by atoms with Crippen molar-refractivity contribution >= 4 is 28.9 Å². The number of nitrogens with zero attached hydrogens (tertiary/aromatic N) is 1. The Morgan fingerprint density at radius 3 is 1.92 bits per heavy atom. The van der Waals surface area contributed by atoms with Crippen molar-refractivity contribution in [1.82, 2.24) is 0 Å². The molecule has 0 atom stereocenters. The molecule has 1 fully saturated rings. The molecule has 1 heterocycles. The zero-order chi connectivity index (χ0) is 26.6.